The molecule has 0 radical (unpaired) electrons. The standard InChI is InChI=1S/C17H21ClN2O2/c1-17(2,16(21)20-9-12-4-3-7-22-12)14-10-19-15-6-5-11(18)8-13(14)15/h5-6,8,10,12,19H,3-4,7,9H2,1-2H3,(H,20,21). The molecule has 3 rings (SSSR count). The van der Waals surface area contributed by atoms with Crippen LogP contribution in [-0.2, 0) is 14.9 Å². The first-order valence-electron chi connectivity index (χ1n) is 7.65. The van der Waals surface area contributed by atoms with E-state index in [1.54, 1.807) is 0 Å². The van der Waals surface area contributed by atoms with Crippen LogP contribution in [0.25, 0.3) is 10.9 Å². The number of rotatable bonds is 4. The minimum Gasteiger partial charge on any atom is -0.376 e. The first-order valence-corrected chi connectivity index (χ1v) is 8.03. The summed E-state index contributed by atoms with van der Waals surface area (Å²) in [7, 11) is 0. The second kappa shape index (κ2) is 5.94. The lowest BCUT2D eigenvalue weighted by Gasteiger charge is -2.24. The Kier molecular flexibility index (Phi) is 4.15. The number of aromatic nitrogens is 1. The number of fused-ring (bicyclic) bond motifs is 1. The molecule has 5 heteroatoms. The quantitative estimate of drug-likeness (QED) is 0.907. The molecule has 0 spiro atoms. The molecule has 22 heavy (non-hydrogen) atoms. The third-order valence-electron chi connectivity index (χ3n) is 4.40. The molecule has 1 aliphatic rings. The van der Waals surface area contributed by atoms with Crippen LogP contribution in [0, 0.1) is 0 Å². The molecule has 2 aromatic rings. The number of H-pyrrole nitrogens is 1. The molecule has 0 saturated carbocycles. The molecule has 1 atom stereocenters. The van der Waals surface area contributed by atoms with Crippen molar-refractivity contribution in [2.24, 2.45) is 0 Å². The summed E-state index contributed by atoms with van der Waals surface area (Å²) in [5.74, 6) is 0.00359. The fourth-order valence-corrected chi connectivity index (χ4v) is 3.14. The lowest BCUT2D eigenvalue weighted by Crippen LogP contribution is -2.43. The van der Waals surface area contributed by atoms with E-state index in [1.807, 2.05) is 38.2 Å². The summed E-state index contributed by atoms with van der Waals surface area (Å²) in [5, 5.41) is 4.68. The second-order valence-corrected chi connectivity index (χ2v) is 6.80. The summed E-state index contributed by atoms with van der Waals surface area (Å²) in [6.07, 6.45) is 4.14. The Morgan fingerprint density at radius 2 is 2.32 bits per heavy atom. The normalized spacial score (nSPS) is 18.8. The summed E-state index contributed by atoms with van der Waals surface area (Å²) in [4.78, 5) is 15.8. The minimum atomic E-state index is -0.637. The second-order valence-electron chi connectivity index (χ2n) is 6.36. The van der Waals surface area contributed by atoms with Gasteiger partial charge in [-0.15, -0.1) is 0 Å². The number of aromatic amines is 1. The van der Waals surface area contributed by atoms with Gasteiger partial charge in [-0.2, -0.15) is 0 Å². The molecule has 1 fully saturated rings. The Balaban J connectivity index is 1.80. The highest BCUT2D eigenvalue weighted by Crippen LogP contribution is 2.32. The van der Waals surface area contributed by atoms with E-state index in [4.69, 9.17) is 16.3 Å². The number of amides is 1. The molecule has 0 bridgehead atoms. The SMILES string of the molecule is CC(C)(C(=O)NCC1CCCO1)c1c[nH]c2ccc(Cl)cc12. The van der Waals surface area contributed by atoms with Gasteiger partial charge in [0.25, 0.3) is 0 Å². The van der Waals surface area contributed by atoms with Crippen LogP contribution in [-0.4, -0.2) is 30.1 Å². The predicted molar refractivity (Wildman–Crippen MR) is 88.3 cm³/mol. The molecule has 1 amide bonds. The Bertz CT molecular complexity index is 687. The fourth-order valence-electron chi connectivity index (χ4n) is 2.97. The van der Waals surface area contributed by atoms with Crippen molar-refractivity contribution in [1.82, 2.24) is 10.3 Å². The topological polar surface area (TPSA) is 54.1 Å². The molecule has 1 aromatic carbocycles. The number of carbonyl (C=O) groups excluding carboxylic acids is 1. The molecule has 1 unspecified atom stereocenters. The molecule has 1 aliphatic heterocycles. The molecule has 2 heterocycles. The van der Waals surface area contributed by atoms with Crippen LogP contribution in [0.4, 0.5) is 0 Å². The molecule has 0 aliphatic carbocycles. The predicted octanol–water partition coefficient (Wildman–Crippen LogP) is 3.39. The van der Waals surface area contributed by atoms with Gasteiger partial charge in [0.05, 0.1) is 11.5 Å². The number of nitrogens with one attached hydrogen (secondary N) is 2. The Morgan fingerprint density at radius 3 is 3.05 bits per heavy atom. The molecule has 4 nitrogen and oxygen atoms in total. The zero-order valence-electron chi connectivity index (χ0n) is 12.9. The molecule has 1 aromatic heterocycles. The Hall–Kier alpha value is -1.52. The van der Waals surface area contributed by atoms with Gasteiger partial charge >= 0.3 is 0 Å². The molecule has 118 valence electrons. The van der Waals surface area contributed by atoms with Crippen molar-refractivity contribution in [3.8, 4) is 0 Å². The highest BCUT2D eigenvalue weighted by Gasteiger charge is 2.32. The number of ether oxygens (including phenoxy) is 1. The highest BCUT2D eigenvalue weighted by molar-refractivity contribution is 6.31. The zero-order valence-corrected chi connectivity index (χ0v) is 13.7. The van der Waals surface area contributed by atoms with Gasteiger partial charge in [0.15, 0.2) is 0 Å². The smallest absolute Gasteiger partial charge is 0.230 e. The monoisotopic (exact) mass is 320 g/mol. The van der Waals surface area contributed by atoms with Crippen molar-refractivity contribution in [2.45, 2.75) is 38.2 Å². The third-order valence-corrected chi connectivity index (χ3v) is 4.63. The first kappa shape index (κ1) is 15.4. The maximum absolute atomic E-state index is 12.6. The summed E-state index contributed by atoms with van der Waals surface area (Å²) >= 11 is 6.09. The van der Waals surface area contributed by atoms with Crippen LogP contribution in [0.15, 0.2) is 24.4 Å². The van der Waals surface area contributed by atoms with Crippen LogP contribution in [0.2, 0.25) is 5.02 Å². The maximum atomic E-state index is 12.6. The van der Waals surface area contributed by atoms with Gasteiger partial charge in [-0.3, -0.25) is 4.79 Å². The van der Waals surface area contributed by atoms with Gasteiger partial charge in [-0.25, -0.2) is 0 Å². The average molecular weight is 321 g/mol. The summed E-state index contributed by atoms with van der Waals surface area (Å²) in [6.45, 7) is 5.24. The largest absolute Gasteiger partial charge is 0.376 e. The van der Waals surface area contributed by atoms with E-state index in [9.17, 15) is 4.79 Å². The molecular formula is C17H21ClN2O2. The zero-order chi connectivity index (χ0) is 15.7. The van der Waals surface area contributed by atoms with E-state index in [2.05, 4.69) is 10.3 Å². The van der Waals surface area contributed by atoms with Crippen LogP contribution in [0.5, 0.6) is 0 Å². The van der Waals surface area contributed by atoms with E-state index in [-0.39, 0.29) is 12.0 Å². The van der Waals surface area contributed by atoms with E-state index >= 15 is 0 Å². The van der Waals surface area contributed by atoms with Gasteiger partial charge in [0.2, 0.25) is 5.91 Å². The van der Waals surface area contributed by atoms with Crippen molar-refractivity contribution in [3.63, 3.8) is 0 Å². The molecular weight excluding hydrogens is 300 g/mol. The van der Waals surface area contributed by atoms with Gasteiger partial charge in [-0.1, -0.05) is 11.6 Å². The lowest BCUT2D eigenvalue weighted by molar-refractivity contribution is -0.126. The summed E-state index contributed by atoms with van der Waals surface area (Å²) in [5.41, 5.74) is 1.30. The molecule has 1 saturated heterocycles. The van der Waals surface area contributed by atoms with Crippen molar-refractivity contribution in [1.29, 1.82) is 0 Å². The van der Waals surface area contributed by atoms with Gasteiger partial charge in [0, 0.05) is 35.3 Å². The average Bonchev–Trinajstić information content (AvgIpc) is 3.13. The minimum absolute atomic E-state index is 0.00359. The van der Waals surface area contributed by atoms with Gasteiger partial charge in [-0.05, 0) is 50.5 Å². The number of benzene rings is 1. The van der Waals surface area contributed by atoms with Crippen molar-refractivity contribution in [3.05, 3.63) is 35.0 Å². The van der Waals surface area contributed by atoms with E-state index in [0.717, 1.165) is 35.9 Å². The highest BCUT2D eigenvalue weighted by atomic mass is 35.5. The summed E-state index contributed by atoms with van der Waals surface area (Å²) < 4.78 is 5.55. The Morgan fingerprint density at radius 1 is 1.50 bits per heavy atom. The van der Waals surface area contributed by atoms with Crippen molar-refractivity contribution < 1.29 is 9.53 Å². The fraction of sp³-hybridized carbons (Fsp3) is 0.471. The van der Waals surface area contributed by atoms with Gasteiger partial charge in [0.1, 0.15) is 0 Å². The molecule has 2 N–H and O–H groups in total. The van der Waals surface area contributed by atoms with Crippen molar-refractivity contribution >= 4 is 28.4 Å². The van der Waals surface area contributed by atoms with E-state index in [0.29, 0.717) is 11.6 Å². The lowest BCUT2D eigenvalue weighted by atomic mass is 9.83. The van der Waals surface area contributed by atoms with Crippen LogP contribution >= 0.6 is 11.6 Å². The third kappa shape index (κ3) is 2.85. The van der Waals surface area contributed by atoms with Crippen molar-refractivity contribution in [2.75, 3.05) is 13.2 Å². The number of halogens is 1. The van der Waals surface area contributed by atoms with Crippen LogP contribution in [0.1, 0.15) is 32.3 Å². The maximum Gasteiger partial charge on any atom is 0.230 e. The van der Waals surface area contributed by atoms with Crippen LogP contribution < -0.4 is 5.32 Å². The Labute approximate surface area is 135 Å². The van der Waals surface area contributed by atoms with Gasteiger partial charge < -0.3 is 15.0 Å². The van der Waals surface area contributed by atoms with E-state index < -0.39 is 5.41 Å². The summed E-state index contributed by atoms with van der Waals surface area (Å²) in [6, 6.07) is 5.67. The number of carbonyl (C=O) groups is 1. The first-order chi connectivity index (χ1) is 10.5. The number of hydrogen-bond acceptors (Lipinski definition) is 2. The van der Waals surface area contributed by atoms with Crippen LogP contribution in [0.3, 0.4) is 0 Å². The number of hydrogen-bond donors (Lipinski definition) is 2. The van der Waals surface area contributed by atoms with E-state index in [1.165, 1.54) is 0 Å².